The molecule has 1 aromatic heterocycles. The zero-order valence-corrected chi connectivity index (χ0v) is 12.6. The summed E-state index contributed by atoms with van der Waals surface area (Å²) in [7, 11) is -4.13. The number of nitrogens with two attached hydrogens (primary N) is 1. The van der Waals surface area contributed by atoms with E-state index in [2.05, 4.69) is 5.32 Å². The molecule has 0 aliphatic rings. The van der Waals surface area contributed by atoms with E-state index in [0.717, 1.165) is 24.3 Å². The molecule has 0 bridgehead atoms. The lowest BCUT2D eigenvalue weighted by atomic mass is 10.2. The Morgan fingerprint density at radius 1 is 1.22 bits per heavy atom. The van der Waals surface area contributed by atoms with Gasteiger partial charge in [0.1, 0.15) is 0 Å². The average Bonchev–Trinajstić information content (AvgIpc) is 2.89. The number of alkyl halides is 3. The topological polar surface area (TPSA) is 102 Å². The maximum Gasteiger partial charge on any atom is 0.417 e. The molecule has 11 heteroatoms. The average molecular weight is 369 g/mol. The number of sulfonamides is 1. The Kier molecular flexibility index (Phi) is 4.42. The van der Waals surface area contributed by atoms with Crippen LogP contribution >= 0.6 is 11.6 Å². The highest BCUT2D eigenvalue weighted by atomic mass is 35.5. The van der Waals surface area contributed by atoms with Crippen LogP contribution in [0.1, 0.15) is 16.1 Å². The van der Waals surface area contributed by atoms with Crippen molar-refractivity contribution in [3.8, 4) is 0 Å². The van der Waals surface area contributed by atoms with E-state index in [9.17, 15) is 26.4 Å². The van der Waals surface area contributed by atoms with E-state index in [1.165, 1.54) is 0 Å². The number of amides is 1. The Morgan fingerprint density at radius 2 is 1.87 bits per heavy atom. The summed E-state index contributed by atoms with van der Waals surface area (Å²) in [5.74, 6) is -1.38. The van der Waals surface area contributed by atoms with E-state index in [-0.39, 0.29) is 5.69 Å². The van der Waals surface area contributed by atoms with Crippen LogP contribution in [0.3, 0.4) is 0 Å². The van der Waals surface area contributed by atoms with Gasteiger partial charge in [0.25, 0.3) is 15.9 Å². The monoisotopic (exact) mass is 368 g/mol. The molecule has 6 nitrogen and oxygen atoms in total. The second kappa shape index (κ2) is 5.87. The van der Waals surface area contributed by atoms with Crippen molar-refractivity contribution in [3.05, 3.63) is 46.7 Å². The van der Waals surface area contributed by atoms with Crippen molar-refractivity contribution in [2.75, 3.05) is 5.32 Å². The highest BCUT2D eigenvalue weighted by molar-refractivity contribution is 7.89. The van der Waals surface area contributed by atoms with Gasteiger partial charge in [-0.15, -0.1) is 0 Å². The van der Waals surface area contributed by atoms with Crippen LogP contribution in [0.15, 0.2) is 39.8 Å². The lowest BCUT2D eigenvalue weighted by Gasteiger charge is -2.11. The standard InChI is InChI=1S/C12H8ClF3N2O4S/c13-8-2-1-6(5-7(8)12(14,15)16)18-11(19)9-3-4-10(22-9)23(17,20)21/h1-5H,(H,18,19)(H2,17,20,21). The molecule has 1 aromatic carbocycles. The Balaban J connectivity index is 2.26. The van der Waals surface area contributed by atoms with Gasteiger partial charge < -0.3 is 9.73 Å². The van der Waals surface area contributed by atoms with E-state index < -0.39 is 43.5 Å². The third-order valence-electron chi connectivity index (χ3n) is 2.62. The number of carbonyl (C=O) groups excluding carboxylic acids is 1. The van der Waals surface area contributed by atoms with Crippen LogP contribution in [0.5, 0.6) is 0 Å². The molecule has 0 atom stereocenters. The minimum Gasteiger partial charge on any atom is -0.438 e. The molecule has 0 saturated heterocycles. The Morgan fingerprint density at radius 3 is 2.39 bits per heavy atom. The molecule has 0 fully saturated rings. The van der Waals surface area contributed by atoms with Crippen LogP contribution in [0.2, 0.25) is 5.02 Å². The normalized spacial score (nSPS) is 12.2. The highest BCUT2D eigenvalue weighted by Gasteiger charge is 2.33. The van der Waals surface area contributed by atoms with E-state index in [0.29, 0.717) is 6.07 Å². The summed E-state index contributed by atoms with van der Waals surface area (Å²) in [4.78, 5) is 11.8. The van der Waals surface area contributed by atoms with Crippen LogP contribution in [0.25, 0.3) is 0 Å². The molecule has 3 N–H and O–H groups in total. The van der Waals surface area contributed by atoms with Crippen LogP contribution in [0, 0.1) is 0 Å². The van der Waals surface area contributed by atoms with Crippen molar-refractivity contribution in [2.45, 2.75) is 11.3 Å². The van der Waals surface area contributed by atoms with Gasteiger partial charge in [0.2, 0.25) is 5.09 Å². The summed E-state index contributed by atoms with van der Waals surface area (Å²) in [6, 6.07) is 4.74. The first kappa shape index (κ1) is 17.3. The molecule has 0 spiro atoms. The largest absolute Gasteiger partial charge is 0.438 e. The molecule has 2 rings (SSSR count). The van der Waals surface area contributed by atoms with Crippen molar-refractivity contribution in [2.24, 2.45) is 5.14 Å². The summed E-state index contributed by atoms with van der Waals surface area (Å²) in [5, 5.41) is 5.78. The molecule has 2 aromatic rings. The van der Waals surface area contributed by atoms with E-state index in [1.807, 2.05) is 0 Å². The smallest absolute Gasteiger partial charge is 0.417 e. The molecular formula is C12H8ClF3N2O4S. The molecular weight excluding hydrogens is 361 g/mol. The minimum atomic E-state index is -4.69. The third kappa shape index (κ3) is 4.03. The van der Waals surface area contributed by atoms with Crippen molar-refractivity contribution in [3.63, 3.8) is 0 Å². The molecule has 124 valence electrons. The predicted octanol–water partition coefficient (Wildman–Crippen LogP) is 2.85. The number of nitrogens with one attached hydrogen (secondary N) is 1. The van der Waals surface area contributed by atoms with Crippen LogP contribution < -0.4 is 10.5 Å². The van der Waals surface area contributed by atoms with Crippen molar-refractivity contribution >= 4 is 33.2 Å². The molecule has 1 amide bonds. The molecule has 1 heterocycles. The number of furan rings is 1. The summed E-state index contributed by atoms with van der Waals surface area (Å²) < 4.78 is 65.0. The number of anilines is 1. The number of carbonyl (C=O) groups is 1. The fourth-order valence-electron chi connectivity index (χ4n) is 1.61. The van der Waals surface area contributed by atoms with Gasteiger partial charge in [-0.3, -0.25) is 4.79 Å². The zero-order valence-electron chi connectivity index (χ0n) is 11.0. The second-order valence-electron chi connectivity index (χ2n) is 4.31. The molecule has 0 aliphatic heterocycles. The van der Waals surface area contributed by atoms with E-state index in [4.69, 9.17) is 21.2 Å². The van der Waals surface area contributed by atoms with E-state index >= 15 is 0 Å². The van der Waals surface area contributed by atoms with Crippen LogP contribution in [0.4, 0.5) is 18.9 Å². The maximum absolute atomic E-state index is 12.7. The highest BCUT2D eigenvalue weighted by Crippen LogP contribution is 2.36. The maximum atomic E-state index is 12.7. The predicted molar refractivity (Wildman–Crippen MR) is 74.5 cm³/mol. The lowest BCUT2D eigenvalue weighted by molar-refractivity contribution is -0.137. The Labute approximate surface area is 133 Å². The fraction of sp³-hybridized carbons (Fsp3) is 0.0833. The summed E-state index contributed by atoms with van der Waals surface area (Å²) in [5.41, 5.74) is -1.32. The van der Waals surface area contributed by atoms with Gasteiger partial charge in [0.05, 0.1) is 10.6 Å². The molecule has 0 radical (unpaired) electrons. The number of rotatable bonds is 3. The lowest BCUT2D eigenvalue weighted by Crippen LogP contribution is -2.13. The quantitative estimate of drug-likeness (QED) is 0.869. The molecule has 0 saturated carbocycles. The SMILES string of the molecule is NS(=O)(=O)c1ccc(C(=O)Nc2ccc(Cl)c(C(F)(F)F)c2)o1. The second-order valence-corrected chi connectivity index (χ2v) is 6.21. The number of hydrogen-bond donors (Lipinski definition) is 2. The minimum absolute atomic E-state index is 0.194. The molecule has 23 heavy (non-hydrogen) atoms. The van der Waals surface area contributed by atoms with Gasteiger partial charge in [-0.25, -0.2) is 13.6 Å². The number of hydrogen-bond acceptors (Lipinski definition) is 4. The van der Waals surface area contributed by atoms with Gasteiger partial charge in [0, 0.05) is 5.69 Å². The molecule has 0 unspecified atom stereocenters. The summed E-state index contributed by atoms with van der Waals surface area (Å²) in [6.07, 6.45) is -4.69. The molecule has 0 aliphatic carbocycles. The van der Waals surface area contributed by atoms with Crippen LogP contribution in [-0.2, 0) is 16.2 Å². The van der Waals surface area contributed by atoms with Gasteiger partial charge in [-0.1, -0.05) is 11.6 Å². The summed E-state index contributed by atoms with van der Waals surface area (Å²) in [6.45, 7) is 0. The van der Waals surface area contributed by atoms with Crippen molar-refractivity contribution < 1.29 is 30.8 Å². The number of benzene rings is 1. The van der Waals surface area contributed by atoms with Crippen molar-refractivity contribution in [1.29, 1.82) is 0 Å². The van der Waals surface area contributed by atoms with Gasteiger partial charge >= 0.3 is 6.18 Å². The first-order valence-corrected chi connectivity index (χ1v) is 7.71. The zero-order chi connectivity index (χ0) is 17.4. The van der Waals surface area contributed by atoms with Crippen molar-refractivity contribution in [1.82, 2.24) is 0 Å². The number of primary sulfonamides is 1. The Bertz CT molecular complexity index is 861. The first-order chi connectivity index (χ1) is 10.5. The van der Waals surface area contributed by atoms with Gasteiger partial charge in [-0.05, 0) is 30.3 Å². The van der Waals surface area contributed by atoms with Gasteiger partial charge in [-0.2, -0.15) is 13.2 Å². The van der Waals surface area contributed by atoms with Crippen LogP contribution in [-0.4, -0.2) is 14.3 Å². The Hall–Kier alpha value is -2.04. The fourth-order valence-corrected chi connectivity index (χ4v) is 2.30. The van der Waals surface area contributed by atoms with Gasteiger partial charge in [0.15, 0.2) is 5.76 Å². The summed E-state index contributed by atoms with van der Waals surface area (Å²) >= 11 is 5.46. The van der Waals surface area contributed by atoms with E-state index in [1.54, 1.807) is 0 Å². The third-order valence-corrected chi connectivity index (χ3v) is 3.73. The first-order valence-electron chi connectivity index (χ1n) is 5.79. The number of halogens is 4.